The summed E-state index contributed by atoms with van der Waals surface area (Å²) in [5, 5.41) is 3.61. The van der Waals surface area contributed by atoms with Gasteiger partial charge in [-0.3, -0.25) is 9.10 Å². The zero-order chi connectivity index (χ0) is 22.8. The molecular formula is C24H32N2O4S2. The van der Waals surface area contributed by atoms with Crippen LogP contribution in [0.3, 0.4) is 0 Å². The summed E-state index contributed by atoms with van der Waals surface area (Å²) in [4.78, 5) is 12.4. The number of rotatable bonds is 11. The normalized spacial score (nSPS) is 14.7. The highest BCUT2D eigenvalue weighted by atomic mass is 32.2. The number of benzene rings is 2. The van der Waals surface area contributed by atoms with E-state index in [9.17, 15) is 13.2 Å². The van der Waals surface area contributed by atoms with Crippen molar-refractivity contribution in [2.45, 2.75) is 43.8 Å². The van der Waals surface area contributed by atoms with Crippen LogP contribution in [0.4, 0.5) is 5.69 Å². The van der Waals surface area contributed by atoms with Gasteiger partial charge in [0.25, 0.3) is 0 Å². The van der Waals surface area contributed by atoms with Gasteiger partial charge < -0.3 is 10.1 Å². The van der Waals surface area contributed by atoms with Gasteiger partial charge in [-0.2, -0.15) is 11.8 Å². The highest BCUT2D eigenvalue weighted by Crippen LogP contribution is 2.28. The average molecular weight is 477 g/mol. The summed E-state index contributed by atoms with van der Waals surface area (Å²) < 4.78 is 31.5. The molecule has 1 amide bonds. The second kappa shape index (κ2) is 12.2. The van der Waals surface area contributed by atoms with Crippen LogP contribution in [0.5, 0.6) is 11.5 Å². The molecule has 1 N–H and O–H groups in total. The maximum atomic E-state index is 12.4. The van der Waals surface area contributed by atoms with Crippen LogP contribution in [0.1, 0.15) is 38.5 Å². The Morgan fingerprint density at radius 3 is 2.34 bits per heavy atom. The molecule has 0 bridgehead atoms. The van der Waals surface area contributed by atoms with Crippen LogP contribution in [-0.2, 0) is 14.8 Å². The van der Waals surface area contributed by atoms with Crippen molar-refractivity contribution in [3.05, 3.63) is 54.6 Å². The fraction of sp³-hybridized carbons (Fsp3) is 0.458. The van der Waals surface area contributed by atoms with Crippen molar-refractivity contribution in [1.29, 1.82) is 0 Å². The van der Waals surface area contributed by atoms with E-state index in [1.54, 1.807) is 24.3 Å². The number of anilines is 1. The monoisotopic (exact) mass is 476 g/mol. The van der Waals surface area contributed by atoms with E-state index in [1.807, 2.05) is 42.1 Å². The van der Waals surface area contributed by atoms with Crippen LogP contribution in [0.2, 0.25) is 0 Å². The molecule has 0 saturated heterocycles. The molecule has 0 heterocycles. The zero-order valence-corrected chi connectivity index (χ0v) is 20.2. The molecule has 6 nitrogen and oxygen atoms in total. The molecule has 32 heavy (non-hydrogen) atoms. The van der Waals surface area contributed by atoms with Gasteiger partial charge in [0.2, 0.25) is 15.9 Å². The number of ether oxygens (including phenoxy) is 1. The number of nitrogens with one attached hydrogen (secondary N) is 1. The van der Waals surface area contributed by atoms with Gasteiger partial charge in [0.1, 0.15) is 18.0 Å². The van der Waals surface area contributed by atoms with Gasteiger partial charge in [0.05, 0.1) is 11.9 Å². The summed E-state index contributed by atoms with van der Waals surface area (Å²) in [6.45, 7) is 0.313. The van der Waals surface area contributed by atoms with E-state index in [0.717, 1.165) is 28.0 Å². The molecule has 1 saturated carbocycles. The standard InChI is InChI=1S/C24H32N2O4S2/c1-32(28,29)26(19-24(27)25-17-8-18-31-23-11-6-3-7-12-23)20-13-15-22(16-14-20)30-21-9-4-2-5-10-21/h2,4-5,9-10,13-16,23H,3,6-8,11-12,17-19H2,1H3,(H,25,27). The highest BCUT2D eigenvalue weighted by molar-refractivity contribution is 7.99. The van der Waals surface area contributed by atoms with Gasteiger partial charge in [-0.15, -0.1) is 0 Å². The van der Waals surface area contributed by atoms with Crippen molar-refractivity contribution in [2.75, 3.05) is 29.4 Å². The van der Waals surface area contributed by atoms with Crippen molar-refractivity contribution in [2.24, 2.45) is 0 Å². The van der Waals surface area contributed by atoms with Gasteiger partial charge in [-0.25, -0.2) is 8.42 Å². The molecule has 1 aliphatic rings. The van der Waals surface area contributed by atoms with Crippen molar-refractivity contribution >= 4 is 33.4 Å². The first-order valence-corrected chi connectivity index (χ1v) is 14.0. The largest absolute Gasteiger partial charge is 0.457 e. The smallest absolute Gasteiger partial charge is 0.240 e. The summed E-state index contributed by atoms with van der Waals surface area (Å²) in [7, 11) is -3.61. The van der Waals surface area contributed by atoms with E-state index in [2.05, 4.69) is 5.32 Å². The molecule has 0 aliphatic heterocycles. The van der Waals surface area contributed by atoms with Gasteiger partial charge in [-0.1, -0.05) is 37.5 Å². The Bertz CT molecular complexity index is 944. The fourth-order valence-electron chi connectivity index (χ4n) is 3.67. The highest BCUT2D eigenvalue weighted by Gasteiger charge is 2.21. The number of thioether (sulfide) groups is 1. The summed E-state index contributed by atoms with van der Waals surface area (Å²) in [5.74, 6) is 2.00. The van der Waals surface area contributed by atoms with Crippen molar-refractivity contribution < 1.29 is 17.9 Å². The Hall–Kier alpha value is -2.19. The number of hydrogen-bond donors (Lipinski definition) is 1. The minimum absolute atomic E-state index is 0.243. The molecule has 0 atom stereocenters. The van der Waals surface area contributed by atoms with Gasteiger partial charge in [-0.05, 0) is 61.4 Å². The Labute approximate surface area is 195 Å². The molecule has 2 aromatic carbocycles. The maximum absolute atomic E-state index is 12.4. The van der Waals surface area contributed by atoms with E-state index >= 15 is 0 Å². The number of carbonyl (C=O) groups is 1. The van der Waals surface area contributed by atoms with Crippen LogP contribution >= 0.6 is 11.8 Å². The lowest BCUT2D eigenvalue weighted by Crippen LogP contribution is -2.40. The predicted molar refractivity (Wildman–Crippen MR) is 132 cm³/mol. The lowest BCUT2D eigenvalue weighted by Gasteiger charge is -2.22. The minimum atomic E-state index is -3.61. The zero-order valence-electron chi connectivity index (χ0n) is 18.5. The lowest BCUT2D eigenvalue weighted by molar-refractivity contribution is -0.119. The number of hydrogen-bond acceptors (Lipinski definition) is 5. The van der Waals surface area contributed by atoms with Gasteiger partial charge in [0, 0.05) is 11.8 Å². The third-order valence-corrected chi connectivity index (χ3v) is 7.95. The van der Waals surface area contributed by atoms with Gasteiger partial charge in [0.15, 0.2) is 0 Å². The second-order valence-electron chi connectivity index (χ2n) is 8.01. The quantitative estimate of drug-likeness (QED) is 0.471. The van der Waals surface area contributed by atoms with Crippen LogP contribution < -0.4 is 14.4 Å². The molecule has 2 aromatic rings. The molecule has 8 heteroatoms. The number of carbonyl (C=O) groups excluding carboxylic acids is 1. The third kappa shape index (κ3) is 8.06. The molecule has 0 aromatic heterocycles. The summed E-state index contributed by atoms with van der Waals surface area (Å²) in [6, 6.07) is 16.0. The first kappa shape index (κ1) is 24.5. The van der Waals surface area contributed by atoms with Crippen molar-refractivity contribution in [3.63, 3.8) is 0 Å². The molecule has 0 unspecified atom stereocenters. The molecule has 1 aliphatic carbocycles. The maximum Gasteiger partial charge on any atom is 0.240 e. The number of sulfonamides is 1. The Morgan fingerprint density at radius 2 is 1.69 bits per heavy atom. The van der Waals surface area contributed by atoms with E-state index in [4.69, 9.17) is 4.74 Å². The molecule has 174 valence electrons. The molecule has 0 spiro atoms. The SMILES string of the molecule is CS(=O)(=O)N(CC(=O)NCCCSC1CCCCC1)c1ccc(Oc2ccccc2)cc1. The number of amides is 1. The van der Waals surface area contributed by atoms with Crippen molar-refractivity contribution in [1.82, 2.24) is 5.32 Å². The summed E-state index contributed by atoms with van der Waals surface area (Å²) in [6.07, 6.45) is 8.61. The van der Waals surface area contributed by atoms with Gasteiger partial charge >= 0.3 is 0 Å². The van der Waals surface area contributed by atoms with E-state index in [-0.39, 0.29) is 12.5 Å². The Balaban J connectivity index is 1.48. The van der Waals surface area contributed by atoms with Crippen LogP contribution in [-0.4, -0.2) is 44.7 Å². The first-order chi connectivity index (χ1) is 15.4. The summed E-state index contributed by atoms with van der Waals surface area (Å²) >= 11 is 2.00. The second-order valence-corrected chi connectivity index (χ2v) is 11.3. The average Bonchev–Trinajstić information content (AvgIpc) is 2.79. The molecule has 1 fully saturated rings. The van der Waals surface area contributed by atoms with Crippen LogP contribution in [0, 0.1) is 0 Å². The molecule has 0 radical (unpaired) electrons. The molecule has 3 rings (SSSR count). The Kier molecular flexibility index (Phi) is 9.29. The number of para-hydroxylation sites is 1. The van der Waals surface area contributed by atoms with Crippen LogP contribution in [0.25, 0.3) is 0 Å². The fourth-order valence-corrected chi connectivity index (χ4v) is 5.84. The topological polar surface area (TPSA) is 75.7 Å². The van der Waals surface area contributed by atoms with Crippen LogP contribution in [0.15, 0.2) is 54.6 Å². The summed E-state index contributed by atoms with van der Waals surface area (Å²) in [5.41, 5.74) is 0.427. The minimum Gasteiger partial charge on any atom is -0.457 e. The van der Waals surface area contributed by atoms with Crippen molar-refractivity contribution in [3.8, 4) is 11.5 Å². The molecular weight excluding hydrogens is 444 g/mol. The van der Waals surface area contributed by atoms with E-state index < -0.39 is 10.0 Å². The predicted octanol–water partition coefficient (Wildman–Crippen LogP) is 4.82. The Morgan fingerprint density at radius 1 is 1.03 bits per heavy atom. The van der Waals surface area contributed by atoms with E-state index in [0.29, 0.717) is 23.7 Å². The number of nitrogens with zero attached hydrogens (tertiary/aromatic N) is 1. The third-order valence-electron chi connectivity index (χ3n) is 5.34. The van der Waals surface area contributed by atoms with E-state index in [1.165, 1.54) is 32.1 Å². The first-order valence-electron chi connectivity index (χ1n) is 11.1. The lowest BCUT2D eigenvalue weighted by atomic mass is 10.0.